The second-order valence-electron chi connectivity index (χ2n) is 13.0. The molecule has 0 heterocycles. The van der Waals surface area contributed by atoms with Gasteiger partial charge in [-0.2, -0.15) is 0 Å². The summed E-state index contributed by atoms with van der Waals surface area (Å²) < 4.78 is 12.5. The van der Waals surface area contributed by atoms with Crippen LogP contribution in [0.1, 0.15) is 94.2 Å². The summed E-state index contributed by atoms with van der Waals surface area (Å²) in [6.45, 7) is 16.6. The molecule has 0 amide bonds. The molecule has 0 saturated carbocycles. The molecular formula is C39H44O3. The average molecular weight is 561 g/mol. The van der Waals surface area contributed by atoms with E-state index in [4.69, 9.17) is 9.47 Å². The monoisotopic (exact) mass is 560 g/mol. The van der Waals surface area contributed by atoms with Crippen molar-refractivity contribution in [3.63, 3.8) is 0 Å². The van der Waals surface area contributed by atoms with E-state index in [-0.39, 0.29) is 11.6 Å². The van der Waals surface area contributed by atoms with Gasteiger partial charge in [0.05, 0.1) is 10.8 Å². The molecule has 1 aliphatic carbocycles. The van der Waals surface area contributed by atoms with E-state index < -0.39 is 10.8 Å². The van der Waals surface area contributed by atoms with Crippen LogP contribution in [0.15, 0.2) is 84.9 Å². The number of benzene rings is 4. The fourth-order valence-corrected chi connectivity index (χ4v) is 6.35. The van der Waals surface area contributed by atoms with Gasteiger partial charge in [0.25, 0.3) is 0 Å². The molecule has 0 unspecified atom stereocenters. The molecule has 0 spiro atoms. The van der Waals surface area contributed by atoms with Crippen LogP contribution >= 0.6 is 0 Å². The largest absolute Gasteiger partial charge is 0.488 e. The summed E-state index contributed by atoms with van der Waals surface area (Å²) in [7, 11) is 0. The Morgan fingerprint density at radius 2 is 1.21 bits per heavy atom. The fourth-order valence-electron chi connectivity index (χ4n) is 6.35. The van der Waals surface area contributed by atoms with E-state index >= 15 is 0 Å². The number of hydrogen-bond acceptors (Lipinski definition) is 3. The van der Waals surface area contributed by atoms with Gasteiger partial charge in [-0.1, -0.05) is 93.1 Å². The normalized spacial score (nSPS) is 13.8. The molecule has 0 bridgehead atoms. The van der Waals surface area contributed by atoms with Crippen LogP contribution in [0, 0.1) is 19.3 Å². The third-order valence-electron chi connectivity index (χ3n) is 9.05. The van der Waals surface area contributed by atoms with Crippen molar-refractivity contribution < 1.29 is 14.3 Å². The first-order chi connectivity index (χ1) is 19.9. The Hall–Kier alpha value is -3.85. The molecule has 0 fully saturated rings. The molecule has 0 atom stereocenters. The highest BCUT2D eigenvalue weighted by Crippen LogP contribution is 2.56. The van der Waals surface area contributed by atoms with Crippen molar-refractivity contribution in [2.45, 2.75) is 85.7 Å². The Morgan fingerprint density at radius 3 is 1.69 bits per heavy atom. The van der Waals surface area contributed by atoms with Crippen LogP contribution in [0.25, 0.3) is 11.1 Å². The van der Waals surface area contributed by atoms with Gasteiger partial charge >= 0.3 is 5.97 Å². The van der Waals surface area contributed by atoms with Gasteiger partial charge in [0.2, 0.25) is 0 Å². The van der Waals surface area contributed by atoms with Crippen LogP contribution in [0.5, 0.6) is 11.5 Å². The highest BCUT2D eigenvalue weighted by Gasteiger charge is 2.46. The lowest BCUT2D eigenvalue weighted by atomic mass is 9.67. The molecule has 5 rings (SSSR count). The minimum atomic E-state index is -0.539. The van der Waals surface area contributed by atoms with Crippen LogP contribution in [0.4, 0.5) is 0 Å². The van der Waals surface area contributed by atoms with Crippen molar-refractivity contribution in [2.24, 2.45) is 5.41 Å². The quantitative estimate of drug-likeness (QED) is 0.133. The Balaban J connectivity index is 1.70. The van der Waals surface area contributed by atoms with E-state index in [0.29, 0.717) is 12.2 Å². The van der Waals surface area contributed by atoms with Crippen molar-refractivity contribution in [2.75, 3.05) is 0 Å². The predicted octanol–water partition coefficient (Wildman–Crippen LogP) is 9.97. The van der Waals surface area contributed by atoms with E-state index in [0.717, 1.165) is 35.3 Å². The van der Waals surface area contributed by atoms with Gasteiger partial charge in [-0.15, -0.1) is 0 Å². The zero-order valence-corrected chi connectivity index (χ0v) is 26.4. The van der Waals surface area contributed by atoms with Gasteiger partial charge in [0.1, 0.15) is 17.1 Å². The maximum Gasteiger partial charge on any atom is 0.316 e. The van der Waals surface area contributed by atoms with Crippen molar-refractivity contribution in [3.05, 3.63) is 118 Å². The summed E-state index contributed by atoms with van der Waals surface area (Å²) in [6.07, 6.45) is 2.78. The number of ether oxygens (including phenoxy) is 2. The molecule has 0 aliphatic heterocycles. The minimum absolute atomic E-state index is 0.204. The van der Waals surface area contributed by atoms with Gasteiger partial charge < -0.3 is 9.47 Å². The predicted molar refractivity (Wildman–Crippen MR) is 173 cm³/mol. The second kappa shape index (κ2) is 11.1. The molecule has 42 heavy (non-hydrogen) atoms. The molecule has 1 aliphatic rings. The number of aryl methyl sites for hydroxylation is 2. The first-order valence-electron chi connectivity index (χ1n) is 15.3. The number of carbonyl (C=O) groups excluding carboxylic acids is 1. The lowest BCUT2D eigenvalue weighted by molar-refractivity contribution is -0.144. The summed E-state index contributed by atoms with van der Waals surface area (Å²) in [5.74, 6) is 1.33. The number of fused-ring (bicyclic) bond motifs is 3. The molecule has 218 valence electrons. The van der Waals surface area contributed by atoms with E-state index in [9.17, 15) is 4.79 Å². The molecule has 3 nitrogen and oxygen atoms in total. The molecular weight excluding hydrogens is 516 g/mol. The molecule has 0 saturated heterocycles. The Morgan fingerprint density at radius 1 is 0.714 bits per heavy atom. The first-order valence-corrected chi connectivity index (χ1v) is 15.3. The first kappa shape index (κ1) is 29.6. The van der Waals surface area contributed by atoms with Crippen molar-refractivity contribution in [3.8, 4) is 22.6 Å². The van der Waals surface area contributed by atoms with Crippen LogP contribution < -0.4 is 9.47 Å². The molecule has 4 aromatic carbocycles. The molecule has 0 aromatic heterocycles. The van der Waals surface area contributed by atoms with Crippen LogP contribution in [0.3, 0.4) is 0 Å². The van der Waals surface area contributed by atoms with Gasteiger partial charge in [-0.3, -0.25) is 4.79 Å². The van der Waals surface area contributed by atoms with Crippen LogP contribution in [0.2, 0.25) is 0 Å². The lowest BCUT2D eigenvalue weighted by Gasteiger charge is -2.35. The Labute approximate surface area is 251 Å². The van der Waals surface area contributed by atoms with E-state index in [1.54, 1.807) is 0 Å². The van der Waals surface area contributed by atoms with E-state index in [1.807, 2.05) is 33.8 Å². The minimum Gasteiger partial charge on any atom is -0.488 e. The van der Waals surface area contributed by atoms with Crippen molar-refractivity contribution in [1.29, 1.82) is 0 Å². The molecule has 0 N–H and O–H groups in total. The highest BCUT2D eigenvalue weighted by molar-refractivity contribution is 5.86. The SMILES string of the molecule is CCCC(C)(C)Oc1ccc(C2(c3ccc(OC(=O)C(C)(C)CC)c(C)c3)c3ccccc3-c3ccccc32)cc1C. The summed E-state index contributed by atoms with van der Waals surface area (Å²) in [4.78, 5) is 12.9. The highest BCUT2D eigenvalue weighted by atomic mass is 16.5. The maximum atomic E-state index is 12.9. The van der Waals surface area contributed by atoms with E-state index in [2.05, 4.69) is 107 Å². The Bertz CT molecular complexity index is 1580. The lowest BCUT2D eigenvalue weighted by Crippen LogP contribution is -2.30. The fraction of sp³-hybridized carbons (Fsp3) is 0.359. The average Bonchev–Trinajstić information content (AvgIpc) is 3.26. The van der Waals surface area contributed by atoms with Gasteiger partial charge in [-0.25, -0.2) is 0 Å². The zero-order valence-electron chi connectivity index (χ0n) is 26.4. The standard InChI is InChI=1S/C39H44O3/c1-9-23-38(7,8)42-35-22-20-29(25-27(35)4)39(32-17-13-11-15-30(32)31-16-12-14-18-33(31)39)28-19-21-34(26(3)24-28)41-36(40)37(5,6)10-2/h11-22,24-25H,9-10,23H2,1-8H3. The molecule has 0 radical (unpaired) electrons. The maximum absolute atomic E-state index is 12.9. The summed E-state index contributed by atoms with van der Waals surface area (Å²) in [5, 5.41) is 0. The smallest absolute Gasteiger partial charge is 0.316 e. The molecule has 3 heteroatoms. The third kappa shape index (κ3) is 5.04. The number of rotatable bonds is 9. The van der Waals surface area contributed by atoms with E-state index in [1.165, 1.54) is 27.8 Å². The topological polar surface area (TPSA) is 35.5 Å². The van der Waals surface area contributed by atoms with Crippen molar-refractivity contribution >= 4 is 5.97 Å². The number of hydrogen-bond donors (Lipinski definition) is 0. The van der Waals surface area contributed by atoms with Gasteiger partial charge in [0, 0.05) is 0 Å². The number of esters is 1. The van der Waals surface area contributed by atoms with Gasteiger partial charge in [0.15, 0.2) is 0 Å². The Kier molecular flexibility index (Phi) is 7.83. The number of carbonyl (C=O) groups is 1. The van der Waals surface area contributed by atoms with Crippen molar-refractivity contribution in [1.82, 2.24) is 0 Å². The van der Waals surface area contributed by atoms with Crippen LogP contribution in [-0.2, 0) is 10.2 Å². The third-order valence-corrected chi connectivity index (χ3v) is 9.05. The molecule has 4 aromatic rings. The zero-order chi connectivity index (χ0) is 30.3. The summed E-state index contributed by atoms with van der Waals surface area (Å²) in [5.41, 5.74) is 8.06. The second-order valence-corrected chi connectivity index (χ2v) is 13.0. The summed E-state index contributed by atoms with van der Waals surface area (Å²) in [6, 6.07) is 30.4. The summed E-state index contributed by atoms with van der Waals surface area (Å²) >= 11 is 0. The van der Waals surface area contributed by atoms with Gasteiger partial charge in [-0.05, 0) is 111 Å². The van der Waals surface area contributed by atoms with Crippen LogP contribution in [-0.4, -0.2) is 11.6 Å².